The van der Waals surface area contributed by atoms with Gasteiger partial charge >= 0.3 is 0 Å². The predicted molar refractivity (Wildman–Crippen MR) is 98.5 cm³/mol. The van der Waals surface area contributed by atoms with E-state index < -0.39 is 6.10 Å². The fourth-order valence-corrected chi connectivity index (χ4v) is 3.22. The van der Waals surface area contributed by atoms with Crippen LogP contribution >= 0.6 is 24.2 Å². The molecule has 6 heteroatoms. The largest absolute Gasteiger partial charge is 0.481 e. The standard InChI is InChI=1S/C17H26N2O2S.ClH/c1-12(18)14-8-10-19(11-9-14)17(20)13(2)21-15-4-6-16(22-3)7-5-15;/h4-7,12-14H,8-11,18H2,1-3H3;1H. The molecule has 1 aliphatic heterocycles. The Morgan fingerprint density at radius 2 is 1.83 bits per heavy atom. The van der Waals surface area contributed by atoms with Crippen LogP contribution in [0.1, 0.15) is 26.7 Å². The zero-order valence-electron chi connectivity index (χ0n) is 14.0. The minimum atomic E-state index is -0.452. The fourth-order valence-electron chi connectivity index (χ4n) is 2.81. The number of thioether (sulfide) groups is 1. The molecule has 2 atom stereocenters. The molecule has 1 aromatic carbocycles. The van der Waals surface area contributed by atoms with E-state index in [2.05, 4.69) is 0 Å². The van der Waals surface area contributed by atoms with E-state index in [1.165, 1.54) is 4.90 Å². The molecule has 4 nitrogen and oxygen atoms in total. The van der Waals surface area contributed by atoms with Crippen LogP contribution in [0.3, 0.4) is 0 Å². The minimum absolute atomic E-state index is 0. The highest BCUT2D eigenvalue weighted by Crippen LogP contribution is 2.22. The zero-order valence-corrected chi connectivity index (χ0v) is 15.7. The Bertz CT molecular complexity index is 488. The summed E-state index contributed by atoms with van der Waals surface area (Å²) in [5, 5.41) is 0. The summed E-state index contributed by atoms with van der Waals surface area (Å²) in [5.41, 5.74) is 5.94. The Balaban J connectivity index is 0.00000264. The molecule has 1 heterocycles. The second-order valence-corrected chi connectivity index (χ2v) is 6.84. The van der Waals surface area contributed by atoms with Gasteiger partial charge in [-0.1, -0.05) is 0 Å². The van der Waals surface area contributed by atoms with Crippen molar-refractivity contribution in [3.8, 4) is 5.75 Å². The van der Waals surface area contributed by atoms with E-state index in [-0.39, 0.29) is 24.4 Å². The maximum Gasteiger partial charge on any atom is 0.263 e. The molecule has 1 amide bonds. The number of nitrogens with zero attached hydrogens (tertiary/aromatic N) is 1. The minimum Gasteiger partial charge on any atom is -0.481 e. The lowest BCUT2D eigenvalue weighted by Gasteiger charge is -2.35. The Hall–Kier alpha value is -0.910. The molecule has 2 unspecified atom stereocenters. The Kier molecular flexibility index (Phi) is 8.23. The van der Waals surface area contributed by atoms with Crippen LogP contribution in [0.15, 0.2) is 29.2 Å². The molecule has 0 saturated carbocycles. The fraction of sp³-hybridized carbons (Fsp3) is 0.588. The van der Waals surface area contributed by atoms with Gasteiger partial charge in [0.2, 0.25) is 0 Å². The first-order chi connectivity index (χ1) is 10.5. The van der Waals surface area contributed by atoms with Gasteiger partial charge in [-0.15, -0.1) is 24.2 Å². The number of hydrogen-bond acceptors (Lipinski definition) is 4. The van der Waals surface area contributed by atoms with Crippen molar-refractivity contribution in [3.63, 3.8) is 0 Å². The molecule has 2 rings (SSSR count). The molecule has 0 bridgehead atoms. The van der Waals surface area contributed by atoms with Crippen LogP contribution in [-0.4, -0.2) is 42.3 Å². The number of ether oxygens (including phenoxy) is 1. The summed E-state index contributed by atoms with van der Waals surface area (Å²) in [7, 11) is 0. The van der Waals surface area contributed by atoms with Crippen molar-refractivity contribution >= 4 is 30.1 Å². The Morgan fingerprint density at radius 1 is 1.26 bits per heavy atom. The van der Waals surface area contributed by atoms with E-state index >= 15 is 0 Å². The predicted octanol–water partition coefficient (Wildman–Crippen LogP) is 3.18. The molecular weight excluding hydrogens is 332 g/mol. The van der Waals surface area contributed by atoms with Crippen molar-refractivity contribution in [1.29, 1.82) is 0 Å². The van der Waals surface area contributed by atoms with Gasteiger partial charge in [0.05, 0.1) is 0 Å². The van der Waals surface area contributed by atoms with Crippen LogP contribution in [0.2, 0.25) is 0 Å². The molecular formula is C17H27ClN2O2S. The molecule has 1 saturated heterocycles. The van der Waals surface area contributed by atoms with Crippen LogP contribution in [0.5, 0.6) is 5.75 Å². The molecule has 0 aromatic heterocycles. The molecule has 1 aliphatic rings. The van der Waals surface area contributed by atoms with Gasteiger partial charge in [-0.3, -0.25) is 4.79 Å². The third-order valence-electron chi connectivity index (χ3n) is 4.31. The van der Waals surface area contributed by atoms with Crippen molar-refractivity contribution < 1.29 is 9.53 Å². The van der Waals surface area contributed by atoms with Crippen molar-refractivity contribution in [1.82, 2.24) is 4.90 Å². The Labute approximate surface area is 149 Å². The molecule has 1 fully saturated rings. The van der Waals surface area contributed by atoms with E-state index in [1.54, 1.807) is 11.8 Å². The summed E-state index contributed by atoms with van der Waals surface area (Å²) in [4.78, 5) is 15.6. The summed E-state index contributed by atoms with van der Waals surface area (Å²) in [6.45, 7) is 5.43. The van der Waals surface area contributed by atoms with Gasteiger partial charge in [-0.2, -0.15) is 0 Å². The summed E-state index contributed by atoms with van der Waals surface area (Å²) >= 11 is 1.69. The number of benzene rings is 1. The quantitative estimate of drug-likeness (QED) is 0.821. The van der Waals surface area contributed by atoms with E-state index in [0.29, 0.717) is 5.92 Å². The van der Waals surface area contributed by atoms with E-state index in [1.807, 2.05) is 49.3 Å². The van der Waals surface area contributed by atoms with Crippen LogP contribution in [-0.2, 0) is 4.79 Å². The number of likely N-dealkylation sites (tertiary alicyclic amines) is 1. The molecule has 0 spiro atoms. The van der Waals surface area contributed by atoms with Gasteiger partial charge in [0.1, 0.15) is 5.75 Å². The first-order valence-corrected chi connectivity index (χ1v) is 9.09. The highest BCUT2D eigenvalue weighted by atomic mass is 35.5. The lowest BCUT2D eigenvalue weighted by Crippen LogP contribution is -2.46. The van der Waals surface area contributed by atoms with Crippen LogP contribution in [0, 0.1) is 5.92 Å². The normalized spacial score (nSPS) is 18.0. The summed E-state index contributed by atoms with van der Waals surface area (Å²) in [6.07, 6.45) is 3.55. The second-order valence-electron chi connectivity index (χ2n) is 5.96. The topological polar surface area (TPSA) is 55.6 Å². The number of piperidine rings is 1. The van der Waals surface area contributed by atoms with E-state index in [4.69, 9.17) is 10.5 Å². The number of amides is 1. The van der Waals surface area contributed by atoms with Gasteiger partial charge < -0.3 is 15.4 Å². The van der Waals surface area contributed by atoms with Crippen molar-refractivity contribution in [2.45, 2.75) is 43.7 Å². The molecule has 0 aliphatic carbocycles. The van der Waals surface area contributed by atoms with Crippen LogP contribution < -0.4 is 10.5 Å². The summed E-state index contributed by atoms with van der Waals surface area (Å²) < 4.78 is 5.78. The van der Waals surface area contributed by atoms with E-state index in [9.17, 15) is 4.79 Å². The maximum absolute atomic E-state index is 12.5. The average molecular weight is 359 g/mol. The monoisotopic (exact) mass is 358 g/mol. The van der Waals surface area contributed by atoms with Gasteiger partial charge in [0.25, 0.3) is 5.91 Å². The van der Waals surface area contributed by atoms with Crippen molar-refractivity contribution in [3.05, 3.63) is 24.3 Å². The first kappa shape index (κ1) is 20.1. The molecule has 0 radical (unpaired) electrons. The molecule has 2 N–H and O–H groups in total. The van der Waals surface area contributed by atoms with Crippen LogP contribution in [0.25, 0.3) is 0 Å². The van der Waals surface area contributed by atoms with Crippen molar-refractivity contribution in [2.75, 3.05) is 19.3 Å². The highest BCUT2D eigenvalue weighted by Gasteiger charge is 2.28. The summed E-state index contributed by atoms with van der Waals surface area (Å²) in [5.74, 6) is 1.33. The van der Waals surface area contributed by atoms with Gasteiger partial charge in [0, 0.05) is 24.0 Å². The average Bonchev–Trinajstić information content (AvgIpc) is 2.55. The third-order valence-corrected chi connectivity index (χ3v) is 5.06. The number of nitrogens with two attached hydrogens (primary N) is 1. The highest BCUT2D eigenvalue weighted by molar-refractivity contribution is 7.98. The Morgan fingerprint density at radius 3 is 2.30 bits per heavy atom. The third kappa shape index (κ3) is 5.59. The van der Waals surface area contributed by atoms with E-state index in [0.717, 1.165) is 31.7 Å². The molecule has 23 heavy (non-hydrogen) atoms. The smallest absolute Gasteiger partial charge is 0.263 e. The molecule has 1 aromatic rings. The molecule has 130 valence electrons. The lowest BCUT2D eigenvalue weighted by molar-refractivity contribution is -0.139. The number of carbonyl (C=O) groups excluding carboxylic acids is 1. The van der Waals surface area contributed by atoms with Gasteiger partial charge in [-0.25, -0.2) is 0 Å². The zero-order chi connectivity index (χ0) is 16.1. The number of rotatable bonds is 5. The summed E-state index contributed by atoms with van der Waals surface area (Å²) in [6, 6.07) is 8.05. The first-order valence-electron chi connectivity index (χ1n) is 7.86. The second kappa shape index (κ2) is 9.40. The van der Waals surface area contributed by atoms with Crippen molar-refractivity contribution in [2.24, 2.45) is 11.7 Å². The van der Waals surface area contributed by atoms with Crippen LogP contribution in [0.4, 0.5) is 0 Å². The van der Waals surface area contributed by atoms with Gasteiger partial charge in [0.15, 0.2) is 6.10 Å². The lowest BCUT2D eigenvalue weighted by atomic mass is 9.91. The van der Waals surface area contributed by atoms with Gasteiger partial charge in [-0.05, 0) is 63.1 Å². The number of halogens is 1. The SMILES string of the molecule is CSc1ccc(OC(C)C(=O)N2CCC(C(C)N)CC2)cc1.Cl. The maximum atomic E-state index is 12.5. The number of hydrogen-bond donors (Lipinski definition) is 1. The number of carbonyl (C=O) groups is 1.